The first-order valence-corrected chi connectivity index (χ1v) is 7.83. The van der Waals surface area contributed by atoms with Crippen LogP contribution < -0.4 is 5.32 Å². The number of hydrogen-bond donors (Lipinski definition) is 1. The number of nitrogens with one attached hydrogen (secondary N) is 1. The molecule has 0 bridgehead atoms. The fraction of sp³-hybridized carbons (Fsp3) is 1.00. The van der Waals surface area contributed by atoms with Crippen molar-refractivity contribution in [2.75, 3.05) is 26.2 Å². The SMILES string of the molecule is CCOC1CC(N2CCCNC(CC)(CC)C2)C1. The highest BCUT2D eigenvalue weighted by atomic mass is 16.5. The standard InChI is InChI=1S/C15H30N2O/c1-4-15(5-2)12-17(9-7-8-16-15)13-10-14(11-13)18-6-3/h13-14,16H,4-12H2,1-3H3. The summed E-state index contributed by atoms with van der Waals surface area (Å²) in [5, 5.41) is 3.79. The fourth-order valence-corrected chi connectivity index (χ4v) is 3.40. The van der Waals surface area contributed by atoms with Crippen LogP contribution in [-0.4, -0.2) is 48.8 Å². The predicted molar refractivity (Wildman–Crippen MR) is 75.9 cm³/mol. The van der Waals surface area contributed by atoms with Crippen molar-refractivity contribution in [3.05, 3.63) is 0 Å². The summed E-state index contributed by atoms with van der Waals surface area (Å²) in [6, 6.07) is 0.777. The van der Waals surface area contributed by atoms with Crippen molar-refractivity contribution in [1.29, 1.82) is 0 Å². The summed E-state index contributed by atoms with van der Waals surface area (Å²) < 4.78 is 5.69. The first-order valence-electron chi connectivity index (χ1n) is 7.83. The Kier molecular flexibility index (Phi) is 5.05. The lowest BCUT2D eigenvalue weighted by Gasteiger charge is -2.45. The highest BCUT2D eigenvalue weighted by Gasteiger charge is 2.38. The smallest absolute Gasteiger partial charge is 0.0604 e. The first-order chi connectivity index (χ1) is 8.73. The fourth-order valence-electron chi connectivity index (χ4n) is 3.40. The summed E-state index contributed by atoms with van der Waals surface area (Å²) in [5.74, 6) is 0. The van der Waals surface area contributed by atoms with E-state index in [-0.39, 0.29) is 0 Å². The van der Waals surface area contributed by atoms with Gasteiger partial charge in [0.1, 0.15) is 0 Å². The minimum Gasteiger partial charge on any atom is -0.378 e. The van der Waals surface area contributed by atoms with Crippen LogP contribution in [-0.2, 0) is 4.74 Å². The monoisotopic (exact) mass is 254 g/mol. The van der Waals surface area contributed by atoms with Gasteiger partial charge in [-0.3, -0.25) is 4.90 Å². The van der Waals surface area contributed by atoms with Crippen molar-refractivity contribution < 1.29 is 4.74 Å². The van der Waals surface area contributed by atoms with Gasteiger partial charge >= 0.3 is 0 Å². The molecule has 0 aromatic rings. The Morgan fingerprint density at radius 2 is 1.94 bits per heavy atom. The number of hydrogen-bond acceptors (Lipinski definition) is 3. The molecule has 1 aliphatic heterocycles. The molecule has 3 heteroatoms. The summed E-state index contributed by atoms with van der Waals surface area (Å²) in [4.78, 5) is 2.72. The third kappa shape index (κ3) is 3.06. The molecule has 1 heterocycles. The minimum atomic E-state index is 0.354. The first kappa shape index (κ1) is 14.3. The van der Waals surface area contributed by atoms with Crippen LogP contribution in [0.3, 0.4) is 0 Å². The second kappa shape index (κ2) is 6.36. The van der Waals surface area contributed by atoms with Crippen molar-refractivity contribution in [2.45, 2.75) is 70.6 Å². The molecule has 0 radical (unpaired) electrons. The normalized spacial score (nSPS) is 32.8. The Labute approximate surface area is 112 Å². The van der Waals surface area contributed by atoms with E-state index in [0.717, 1.165) is 12.6 Å². The van der Waals surface area contributed by atoms with Crippen molar-refractivity contribution in [3.8, 4) is 0 Å². The maximum atomic E-state index is 5.69. The van der Waals surface area contributed by atoms with Gasteiger partial charge in [-0.25, -0.2) is 0 Å². The molecule has 106 valence electrons. The lowest BCUT2D eigenvalue weighted by Crippen LogP contribution is -2.56. The third-order valence-electron chi connectivity index (χ3n) is 4.97. The highest BCUT2D eigenvalue weighted by molar-refractivity contribution is 4.96. The van der Waals surface area contributed by atoms with Crippen LogP contribution in [0.5, 0.6) is 0 Å². The summed E-state index contributed by atoms with van der Waals surface area (Å²) in [6.07, 6.45) is 6.80. The van der Waals surface area contributed by atoms with Gasteiger partial charge in [-0.15, -0.1) is 0 Å². The predicted octanol–water partition coefficient (Wildman–Crippen LogP) is 2.41. The Balaban J connectivity index is 1.88. The molecule has 2 rings (SSSR count). The molecule has 18 heavy (non-hydrogen) atoms. The van der Waals surface area contributed by atoms with Gasteiger partial charge in [0.25, 0.3) is 0 Å². The van der Waals surface area contributed by atoms with Gasteiger partial charge in [0.15, 0.2) is 0 Å². The van der Waals surface area contributed by atoms with Crippen LogP contribution in [0.15, 0.2) is 0 Å². The zero-order chi connectivity index (χ0) is 13.0. The van der Waals surface area contributed by atoms with Gasteiger partial charge in [-0.1, -0.05) is 13.8 Å². The minimum absolute atomic E-state index is 0.354. The zero-order valence-corrected chi connectivity index (χ0v) is 12.4. The average molecular weight is 254 g/mol. The Morgan fingerprint density at radius 3 is 2.56 bits per heavy atom. The molecule has 3 nitrogen and oxygen atoms in total. The van der Waals surface area contributed by atoms with E-state index in [2.05, 4.69) is 31.0 Å². The second-order valence-electron chi connectivity index (χ2n) is 5.94. The largest absolute Gasteiger partial charge is 0.378 e. The third-order valence-corrected chi connectivity index (χ3v) is 4.97. The van der Waals surface area contributed by atoms with Crippen molar-refractivity contribution >= 4 is 0 Å². The topological polar surface area (TPSA) is 24.5 Å². The molecule has 0 amide bonds. The van der Waals surface area contributed by atoms with E-state index >= 15 is 0 Å². The highest BCUT2D eigenvalue weighted by Crippen LogP contribution is 2.31. The van der Waals surface area contributed by atoms with Crippen LogP contribution >= 0.6 is 0 Å². The van der Waals surface area contributed by atoms with Gasteiger partial charge in [-0.05, 0) is 52.1 Å². The quantitative estimate of drug-likeness (QED) is 0.815. The van der Waals surface area contributed by atoms with Gasteiger partial charge in [0.2, 0.25) is 0 Å². The molecule has 0 spiro atoms. The summed E-state index contributed by atoms with van der Waals surface area (Å²) >= 11 is 0. The summed E-state index contributed by atoms with van der Waals surface area (Å²) in [5.41, 5.74) is 0.354. The molecule has 1 aliphatic carbocycles. The van der Waals surface area contributed by atoms with Crippen molar-refractivity contribution in [1.82, 2.24) is 10.2 Å². The lowest BCUT2D eigenvalue weighted by atomic mass is 9.85. The van der Waals surface area contributed by atoms with Gasteiger partial charge in [-0.2, -0.15) is 0 Å². The molecule has 1 saturated carbocycles. The molecule has 2 fully saturated rings. The van der Waals surface area contributed by atoms with E-state index < -0.39 is 0 Å². The molecular weight excluding hydrogens is 224 g/mol. The lowest BCUT2D eigenvalue weighted by molar-refractivity contribution is -0.0502. The van der Waals surface area contributed by atoms with E-state index in [9.17, 15) is 0 Å². The average Bonchev–Trinajstić information content (AvgIpc) is 2.56. The zero-order valence-electron chi connectivity index (χ0n) is 12.4. The van der Waals surface area contributed by atoms with Crippen molar-refractivity contribution in [3.63, 3.8) is 0 Å². The van der Waals surface area contributed by atoms with Gasteiger partial charge in [0.05, 0.1) is 6.10 Å². The number of ether oxygens (including phenoxy) is 1. The Bertz CT molecular complexity index is 247. The van der Waals surface area contributed by atoms with E-state index in [1.807, 2.05) is 0 Å². The summed E-state index contributed by atoms with van der Waals surface area (Å²) in [6.45, 7) is 11.3. The van der Waals surface area contributed by atoms with E-state index in [4.69, 9.17) is 4.74 Å². The van der Waals surface area contributed by atoms with Crippen LogP contribution in [0.2, 0.25) is 0 Å². The molecule has 2 aliphatic rings. The van der Waals surface area contributed by atoms with E-state index in [1.165, 1.54) is 51.7 Å². The molecule has 1 N–H and O–H groups in total. The number of rotatable bonds is 5. The maximum absolute atomic E-state index is 5.69. The van der Waals surface area contributed by atoms with Crippen LogP contribution in [0.4, 0.5) is 0 Å². The summed E-state index contributed by atoms with van der Waals surface area (Å²) in [7, 11) is 0. The molecule has 0 aromatic carbocycles. The van der Waals surface area contributed by atoms with Crippen LogP contribution in [0.1, 0.15) is 52.9 Å². The molecule has 0 atom stereocenters. The van der Waals surface area contributed by atoms with Gasteiger partial charge < -0.3 is 10.1 Å². The Hall–Kier alpha value is -0.120. The van der Waals surface area contributed by atoms with Crippen LogP contribution in [0, 0.1) is 0 Å². The Morgan fingerprint density at radius 1 is 1.22 bits per heavy atom. The van der Waals surface area contributed by atoms with E-state index in [1.54, 1.807) is 0 Å². The molecule has 0 unspecified atom stereocenters. The maximum Gasteiger partial charge on any atom is 0.0604 e. The van der Waals surface area contributed by atoms with E-state index in [0.29, 0.717) is 11.6 Å². The molecule has 0 aromatic heterocycles. The van der Waals surface area contributed by atoms with Gasteiger partial charge in [0, 0.05) is 24.7 Å². The molecule has 1 saturated heterocycles. The van der Waals surface area contributed by atoms with Crippen molar-refractivity contribution in [2.24, 2.45) is 0 Å². The van der Waals surface area contributed by atoms with Crippen LogP contribution in [0.25, 0.3) is 0 Å². The number of nitrogens with zero attached hydrogens (tertiary/aromatic N) is 1. The second-order valence-corrected chi connectivity index (χ2v) is 5.94. The molecular formula is C15H30N2O.